The molecule has 2 aromatic carbocycles. The molecule has 1 atom stereocenters. The van der Waals surface area contributed by atoms with Crippen LogP contribution in [0.25, 0.3) is 0 Å². The van der Waals surface area contributed by atoms with Crippen molar-refractivity contribution in [1.29, 1.82) is 0 Å². The van der Waals surface area contributed by atoms with Gasteiger partial charge in [0, 0.05) is 25.6 Å². The second-order valence-electron chi connectivity index (χ2n) is 6.77. The molecule has 2 aromatic rings. The predicted octanol–water partition coefficient (Wildman–Crippen LogP) is 1.97. The number of sulfonamides is 1. The van der Waals surface area contributed by atoms with E-state index in [1.807, 2.05) is 0 Å². The third-order valence-corrected chi connectivity index (χ3v) is 5.94. The van der Waals surface area contributed by atoms with Gasteiger partial charge >= 0.3 is 6.18 Å². The molecule has 3 rings (SSSR count). The number of hydrogen-bond acceptors (Lipinski definition) is 5. The van der Waals surface area contributed by atoms with Gasteiger partial charge in [0.05, 0.1) is 11.3 Å². The molecule has 1 heterocycles. The van der Waals surface area contributed by atoms with E-state index in [9.17, 15) is 31.2 Å². The fraction of sp³-hybridized carbons (Fsp3) is 0.263. The normalized spacial score (nSPS) is 17.2. The first kappa shape index (κ1) is 22.6. The molecular formula is C19H19F3N4O4S. The van der Waals surface area contributed by atoms with Crippen molar-refractivity contribution in [2.75, 3.05) is 18.4 Å². The molecule has 0 spiro atoms. The van der Waals surface area contributed by atoms with Gasteiger partial charge in [-0.15, -0.1) is 0 Å². The Labute approximate surface area is 176 Å². The van der Waals surface area contributed by atoms with Gasteiger partial charge in [-0.2, -0.15) is 17.9 Å². The number of alkyl halides is 3. The van der Waals surface area contributed by atoms with Crippen LogP contribution in [0.2, 0.25) is 0 Å². The highest BCUT2D eigenvalue weighted by Crippen LogP contribution is 2.37. The van der Waals surface area contributed by atoms with Gasteiger partial charge in [-0.1, -0.05) is 12.1 Å². The monoisotopic (exact) mass is 456 g/mol. The van der Waals surface area contributed by atoms with E-state index in [1.165, 1.54) is 31.2 Å². The van der Waals surface area contributed by atoms with Gasteiger partial charge in [-0.05, 0) is 35.9 Å². The molecule has 31 heavy (non-hydrogen) atoms. The third kappa shape index (κ3) is 5.33. The van der Waals surface area contributed by atoms with Gasteiger partial charge < -0.3 is 16.0 Å². The maximum atomic E-state index is 13.0. The van der Waals surface area contributed by atoms with Gasteiger partial charge in [0.15, 0.2) is 0 Å². The van der Waals surface area contributed by atoms with Crippen LogP contribution in [0.15, 0.2) is 47.4 Å². The highest BCUT2D eigenvalue weighted by atomic mass is 32.2. The summed E-state index contributed by atoms with van der Waals surface area (Å²) in [4.78, 5) is 22.6. The Morgan fingerprint density at radius 1 is 1.03 bits per heavy atom. The van der Waals surface area contributed by atoms with E-state index in [2.05, 4.69) is 20.7 Å². The summed E-state index contributed by atoms with van der Waals surface area (Å²) in [7, 11) is -4.04. The zero-order valence-electron chi connectivity index (χ0n) is 16.2. The number of carbonyl (C=O) groups excluding carboxylic acids is 2. The molecule has 1 aliphatic rings. The number of amides is 2. The molecule has 0 aromatic heterocycles. The molecule has 2 amide bonds. The Morgan fingerprint density at radius 2 is 1.68 bits per heavy atom. The van der Waals surface area contributed by atoms with E-state index in [-0.39, 0.29) is 29.6 Å². The Morgan fingerprint density at radius 3 is 2.29 bits per heavy atom. The van der Waals surface area contributed by atoms with Crippen LogP contribution < -0.4 is 20.7 Å². The van der Waals surface area contributed by atoms with Crippen molar-refractivity contribution < 1.29 is 31.2 Å². The van der Waals surface area contributed by atoms with Crippen LogP contribution in [-0.2, 0) is 21.0 Å². The Balaban J connectivity index is 1.75. The highest BCUT2D eigenvalue weighted by Gasteiger charge is 2.35. The Kier molecular flexibility index (Phi) is 6.23. The average molecular weight is 456 g/mol. The molecule has 1 unspecified atom stereocenters. The summed E-state index contributed by atoms with van der Waals surface area (Å²) in [5, 5.41) is 7.90. The Bertz CT molecular complexity index is 1100. The number of rotatable bonds is 5. The second kappa shape index (κ2) is 8.55. The Hall–Kier alpha value is -3.12. The van der Waals surface area contributed by atoms with Crippen LogP contribution >= 0.6 is 0 Å². The lowest BCUT2D eigenvalue weighted by Gasteiger charge is -2.29. The number of nitrogens with one attached hydrogen (secondary N) is 4. The van der Waals surface area contributed by atoms with Gasteiger partial charge in [0.1, 0.15) is 11.1 Å². The minimum atomic E-state index is -4.62. The topological polar surface area (TPSA) is 116 Å². The lowest BCUT2D eigenvalue weighted by Crippen LogP contribution is -2.38. The number of halogens is 3. The van der Waals surface area contributed by atoms with Crippen LogP contribution in [0.1, 0.15) is 34.6 Å². The van der Waals surface area contributed by atoms with Crippen molar-refractivity contribution in [1.82, 2.24) is 15.4 Å². The first-order valence-electron chi connectivity index (χ1n) is 9.10. The molecule has 0 saturated heterocycles. The van der Waals surface area contributed by atoms with E-state index in [0.717, 1.165) is 12.1 Å². The average Bonchev–Trinajstić information content (AvgIpc) is 2.69. The number of fused-ring (bicyclic) bond motifs is 1. The van der Waals surface area contributed by atoms with Crippen LogP contribution in [0, 0.1) is 0 Å². The molecule has 4 N–H and O–H groups in total. The van der Waals surface area contributed by atoms with Crippen molar-refractivity contribution in [3.63, 3.8) is 0 Å². The van der Waals surface area contributed by atoms with Gasteiger partial charge in [-0.3, -0.25) is 9.59 Å². The third-order valence-electron chi connectivity index (χ3n) is 4.46. The summed E-state index contributed by atoms with van der Waals surface area (Å²) in [6.07, 6.45) is -5.63. The van der Waals surface area contributed by atoms with Crippen molar-refractivity contribution >= 4 is 27.5 Å². The summed E-state index contributed by atoms with van der Waals surface area (Å²) in [6, 6.07) is 8.25. The maximum Gasteiger partial charge on any atom is 0.416 e. The molecule has 0 fully saturated rings. The molecule has 0 aliphatic carbocycles. The fourth-order valence-electron chi connectivity index (χ4n) is 2.95. The second-order valence-corrected chi connectivity index (χ2v) is 8.45. The van der Waals surface area contributed by atoms with E-state index in [0.29, 0.717) is 17.2 Å². The molecule has 0 saturated carbocycles. The molecule has 0 bridgehead atoms. The first-order valence-corrected chi connectivity index (χ1v) is 10.6. The van der Waals surface area contributed by atoms with Crippen LogP contribution in [0.3, 0.4) is 0 Å². The zero-order chi connectivity index (χ0) is 22.8. The SMILES string of the molecule is CC(=O)NCCNC(=O)c1ccc(C2Nc3cc(C(F)(F)F)ccc3S(=O)(=O)N2)cc1. The van der Waals surface area contributed by atoms with Gasteiger partial charge in [-0.25, -0.2) is 8.42 Å². The quantitative estimate of drug-likeness (QED) is 0.514. The number of hydrogen-bond donors (Lipinski definition) is 4. The van der Waals surface area contributed by atoms with E-state index in [4.69, 9.17) is 0 Å². The summed E-state index contributed by atoms with van der Waals surface area (Å²) in [5.74, 6) is -0.612. The lowest BCUT2D eigenvalue weighted by molar-refractivity contribution is -0.137. The van der Waals surface area contributed by atoms with Gasteiger partial charge in [0.2, 0.25) is 15.9 Å². The number of benzene rings is 2. The molecular weight excluding hydrogens is 437 g/mol. The molecule has 1 aliphatic heterocycles. The van der Waals surface area contributed by atoms with Crippen molar-refractivity contribution in [2.24, 2.45) is 0 Å². The first-order chi connectivity index (χ1) is 14.5. The highest BCUT2D eigenvalue weighted by molar-refractivity contribution is 7.89. The summed E-state index contributed by atoms with van der Waals surface area (Å²) in [6.45, 7) is 1.85. The minimum Gasteiger partial charge on any atom is -0.364 e. The summed E-state index contributed by atoms with van der Waals surface area (Å²) < 4.78 is 66.3. The van der Waals surface area contributed by atoms with Crippen LogP contribution in [0.4, 0.5) is 18.9 Å². The zero-order valence-corrected chi connectivity index (χ0v) is 17.0. The largest absolute Gasteiger partial charge is 0.416 e. The molecule has 166 valence electrons. The van der Waals surface area contributed by atoms with Gasteiger partial charge in [0.25, 0.3) is 5.91 Å². The predicted molar refractivity (Wildman–Crippen MR) is 106 cm³/mol. The fourth-order valence-corrected chi connectivity index (χ4v) is 4.24. The molecule has 12 heteroatoms. The molecule has 8 nitrogen and oxygen atoms in total. The van der Waals surface area contributed by atoms with Crippen molar-refractivity contribution in [3.8, 4) is 0 Å². The minimum absolute atomic E-state index is 0.168. The summed E-state index contributed by atoms with van der Waals surface area (Å²) >= 11 is 0. The smallest absolute Gasteiger partial charge is 0.364 e. The summed E-state index contributed by atoms with van der Waals surface area (Å²) in [5.41, 5.74) is -0.439. The number of carbonyl (C=O) groups is 2. The van der Waals surface area contributed by atoms with Crippen LogP contribution in [0.5, 0.6) is 0 Å². The van der Waals surface area contributed by atoms with Crippen LogP contribution in [-0.4, -0.2) is 33.3 Å². The maximum absolute atomic E-state index is 13.0. The lowest BCUT2D eigenvalue weighted by atomic mass is 10.1. The standard InChI is InChI=1S/C19H19F3N4O4S/c1-11(27)23-8-9-24-18(28)13-4-2-12(3-5-13)17-25-15-10-14(19(20,21)22)6-7-16(15)31(29,30)26-17/h2-7,10,17,25-26H,8-9H2,1H3,(H,23,27)(H,24,28). The molecule has 0 radical (unpaired) electrons. The van der Waals surface area contributed by atoms with E-state index >= 15 is 0 Å². The van der Waals surface area contributed by atoms with Crippen molar-refractivity contribution in [3.05, 3.63) is 59.2 Å². The van der Waals surface area contributed by atoms with E-state index < -0.39 is 33.8 Å². The number of anilines is 1. The van der Waals surface area contributed by atoms with E-state index in [1.54, 1.807) is 0 Å². The van der Waals surface area contributed by atoms with Crippen molar-refractivity contribution in [2.45, 2.75) is 24.2 Å².